The van der Waals surface area contributed by atoms with Crippen molar-refractivity contribution in [2.75, 3.05) is 44.0 Å². The van der Waals surface area contributed by atoms with Crippen LogP contribution >= 0.6 is 0 Å². The van der Waals surface area contributed by atoms with Gasteiger partial charge >= 0.3 is 0 Å². The molecule has 1 aliphatic heterocycles. The minimum Gasteiger partial charge on any atom is -0.491 e. The van der Waals surface area contributed by atoms with Gasteiger partial charge in [-0.2, -0.15) is 5.10 Å². The van der Waals surface area contributed by atoms with Crippen LogP contribution in [0.5, 0.6) is 5.75 Å². The van der Waals surface area contributed by atoms with Crippen LogP contribution in [0, 0.1) is 0 Å². The first-order valence-corrected chi connectivity index (χ1v) is 12.9. The van der Waals surface area contributed by atoms with Gasteiger partial charge in [0.15, 0.2) is 12.0 Å². The Hall–Kier alpha value is -3.59. The molecule has 1 fully saturated rings. The van der Waals surface area contributed by atoms with Gasteiger partial charge in [0.05, 0.1) is 18.7 Å². The summed E-state index contributed by atoms with van der Waals surface area (Å²) in [6.45, 7) is 3.76. The molecule has 0 amide bonds. The van der Waals surface area contributed by atoms with Crippen molar-refractivity contribution in [3.05, 3.63) is 83.9 Å². The molecule has 4 aromatic rings. The average molecular weight is 502 g/mol. The van der Waals surface area contributed by atoms with Crippen LogP contribution in [0.1, 0.15) is 30.2 Å². The first-order chi connectivity index (χ1) is 18.1. The van der Waals surface area contributed by atoms with Crippen LogP contribution in [0.15, 0.2) is 72.8 Å². The first-order valence-electron chi connectivity index (χ1n) is 12.9. The number of H-pyrrole nitrogens is 1. The predicted molar refractivity (Wildman–Crippen MR) is 147 cm³/mol. The zero-order chi connectivity index (χ0) is 25.5. The number of likely N-dealkylation sites (tertiary alicyclic amines) is 1. The monoisotopic (exact) mass is 501 g/mol. The Balaban J connectivity index is 1.11. The van der Waals surface area contributed by atoms with E-state index < -0.39 is 6.23 Å². The Bertz CT molecular complexity index is 1250. The zero-order valence-corrected chi connectivity index (χ0v) is 21.2. The van der Waals surface area contributed by atoms with E-state index in [1.165, 1.54) is 0 Å². The second-order valence-corrected chi connectivity index (χ2v) is 9.56. The van der Waals surface area contributed by atoms with Crippen molar-refractivity contribution in [3.8, 4) is 5.75 Å². The van der Waals surface area contributed by atoms with E-state index >= 15 is 0 Å². The third kappa shape index (κ3) is 6.80. The maximum Gasteiger partial charge on any atom is 0.157 e. The molecule has 1 atom stereocenters. The van der Waals surface area contributed by atoms with Crippen molar-refractivity contribution in [1.29, 1.82) is 0 Å². The molecular weight excluding hydrogens is 466 g/mol. The number of piperidine rings is 1. The van der Waals surface area contributed by atoms with Gasteiger partial charge in [-0.05, 0) is 62.8 Å². The first kappa shape index (κ1) is 25.1. The van der Waals surface area contributed by atoms with Gasteiger partial charge in [0, 0.05) is 28.7 Å². The summed E-state index contributed by atoms with van der Waals surface area (Å²) < 4.78 is 11.5. The molecule has 0 spiro atoms. The molecule has 4 N–H and O–H groups in total. The van der Waals surface area contributed by atoms with Crippen molar-refractivity contribution in [1.82, 2.24) is 15.1 Å². The van der Waals surface area contributed by atoms with E-state index in [1.54, 1.807) is 0 Å². The number of aliphatic hydroxyl groups is 1. The minimum atomic E-state index is -0.874. The van der Waals surface area contributed by atoms with E-state index in [9.17, 15) is 5.11 Å². The number of aliphatic hydroxyl groups excluding tert-OH is 1. The molecule has 8 nitrogen and oxygen atoms in total. The minimum absolute atomic E-state index is 0.457. The Morgan fingerprint density at radius 3 is 2.59 bits per heavy atom. The smallest absolute Gasteiger partial charge is 0.157 e. The van der Waals surface area contributed by atoms with E-state index in [1.807, 2.05) is 72.8 Å². The van der Waals surface area contributed by atoms with Gasteiger partial charge in [-0.1, -0.05) is 42.5 Å². The third-order valence-corrected chi connectivity index (χ3v) is 6.73. The number of hydrogen-bond donors (Lipinski definition) is 4. The van der Waals surface area contributed by atoms with Crippen LogP contribution in [0.25, 0.3) is 10.9 Å². The lowest BCUT2D eigenvalue weighted by atomic mass is 10.0. The summed E-state index contributed by atoms with van der Waals surface area (Å²) >= 11 is 0. The maximum atomic E-state index is 10.8. The van der Waals surface area contributed by atoms with Gasteiger partial charge in [0.2, 0.25) is 0 Å². The Morgan fingerprint density at radius 2 is 1.81 bits per heavy atom. The summed E-state index contributed by atoms with van der Waals surface area (Å²) in [5, 5.41) is 25.7. The number of hydrogen-bond acceptors (Lipinski definition) is 7. The van der Waals surface area contributed by atoms with Crippen LogP contribution < -0.4 is 15.4 Å². The quantitative estimate of drug-likeness (QED) is 0.174. The lowest BCUT2D eigenvalue weighted by molar-refractivity contribution is 0.0889. The molecule has 1 unspecified atom stereocenters. The van der Waals surface area contributed by atoms with E-state index in [-0.39, 0.29) is 0 Å². The van der Waals surface area contributed by atoms with E-state index in [0.717, 1.165) is 59.4 Å². The second kappa shape index (κ2) is 12.1. The molecule has 37 heavy (non-hydrogen) atoms. The predicted octanol–water partition coefficient (Wildman–Crippen LogP) is 4.77. The molecule has 0 radical (unpaired) electrons. The fourth-order valence-corrected chi connectivity index (χ4v) is 4.54. The summed E-state index contributed by atoms with van der Waals surface area (Å²) in [6.07, 6.45) is 1.41. The third-order valence-electron chi connectivity index (χ3n) is 6.73. The highest BCUT2D eigenvalue weighted by atomic mass is 16.5. The standard InChI is InChI=1S/C29H35N5O3/c1-34-15-13-24(14-16-34)30-23-9-7-22(8-10-23)29(35)31-28-26-12-11-25(19-27(26)32-33-28)37-18-17-36-20-21-5-3-2-4-6-21/h2-12,19,24,29-30,35H,13-18,20H2,1H3,(H2,31,32,33). The molecular formula is C29H35N5O3. The number of benzene rings is 3. The topological polar surface area (TPSA) is 94.7 Å². The molecule has 194 valence electrons. The number of aromatic amines is 1. The number of anilines is 2. The highest BCUT2D eigenvalue weighted by Gasteiger charge is 2.17. The number of aromatic nitrogens is 2. The van der Waals surface area contributed by atoms with Gasteiger partial charge in [-0.3, -0.25) is 5.10 Å². The number of rotatable bonds is 11. The Labute approximate surface area is 217 Å². The molecule has 0 bridgehead atoms. The molecule has 8 heteroatoms. The van der Waals surface area contributed by atoms with Gasteiger partial charge < -0.3 is 30.1 Å². The van der Waals surface area contributed by atoms with Crippen LogP contribution in [0.3, 0.4) is 0 Å². The van der Waals surface area contributed by atoms with E-state index in [4.69, 9.17) is 9.47 Å². The van der Waals surface area contributed by atoms with Crippen molar-refractivity contribution < 1.29 is 14.6 Å². The molecule has 1 aliphatic rings. The van der Waals surface area contributed by atoms with Crippen molar-refractivity contribution >= 4 is 22.4 Å². The zero-order valence-electron chi connectivity index (χ0n) is 21.2. The molecule has 1 saturated heterocycles. The van der Waals surface area contributed by atoms with Gasteiger partial charge in [0.25, 0.3) is 0 Å². The fraction of sp³-hybridized carbons (Fsp3) is 0.345. The average Bonchev–Trinajstić information content (AvgIpc) is 3.32. The highest BCUT2D eigenvalue weighted by molar-refractivity contribution is 5.90. The highest BCUT2D eigenvalue weighted by Crippen LogP contribution is 2.28. The molecule has 2 heterocycles. The van der Waals surface area contributed by atoms with E-state index in [2.05, 4.69) is 32.8 Å². The number of ether oxygens (including phenoxy) is 2. The lowest BCUT2D eigenvalue weighted by Crippen LogP contribution is -2.36. The molecule has 1 aromatic heterocycles. The van der Waals surface area contributed by atoms with Crippen LogP contribution in [0.4, 0.5) is 11.5 Å². The summed E-state index contributed by atoms with van der Waals surface area (Å²) in [6, 6.07) is 24.2. The van der Waals surface area contributed by atoms with Crippen molar-refractivity contribution in [2.24, 2.45) is 0 Å². The lowest BCUT2D eigenvalue weighted by Gasteiger charge is -2.30. The number of nitrogens with one attached hydrogen (secondary N) is 3. The van der Waals surface area contributed by atoms with Crippen molar-refractivity contribution in [2.45, 2.75) is 31.7 Å². The Kier molecular flexibility index (Phi) is 8.20. The van der Waals surface area contributed by atoms with Crippen LogP contribution in [-0.4, -0.2) is 59.6 Å². The maximum absolute atomic E-state index is 10.8. The largest absolute Gasteiger partial charge is 0.491 e. The SMILES string of the molecule is CN1CCC(Nc2ccc(C(O)Nc3n[nH]c4cc(OCCOCc5ccccc5)ccc34)cc2)CC1. The molecule has 0 saturated carbocycles. The summed E-state index contributed by atoms with van der Waals surface area (Å²) in [4.78, 5) is 2.36. The van der Waals surface area contributed by atoms with Gasteiger partial charge in [0.1, 0.15) is 12.4 Å². The van der Waals surface area contributed by atoms with Crippen LogP contribution in [0.2, 0.25) is 0 Å². The van der Waals surface area contributed by atoms with E-state index in [0.29, 0.717) is 31.7 Å². The number of nitrogens with zero attached hydrogens (tertiary/aromatic N) is 2. The second-order valence-electron chi connectivity index (χ2n) is 9.56. The molecule has 5 rings (SSSR count). The van der Waals surface area contributed by atoms with Gasteiger partial charge in [-0.25, -0.2) is 0 Å². The molecule has 3 aromatic carbocycles. The van der Waals surface area contributed by atoms with Crippen molar-refractivity contribution in [3.63, 3.8) is 0 Å². The summed E-state index contributed by atoms with van der Waals surface area (Å²) in [5.41, 5.74) is 3.83. The number of fused-ring (bicyclic) bond motifs is 1. The Morgan fingerprint density at radius 1 is 1.03 bits per heavy atom. The van der Waals surface area contributed by atoms with Crippen LogP contribution in [-0.2, 0) is 11.3 Å². The fourth-order valence-electron chi connectivity index (χ4n) is 4.54. The normalized spacial score (nSPS) is 15.5. The molecule has 0 aliphatic carbocycles. The summed E-state index contributed by atoms with van der Waals surface area (Å²) in [5.74, 6) is 1.33. The van der Waals surface area contributed by atoms with Gasteiger partial charge in [-0.15, -0.1) is 0 Å². The summed E-state index contributed by atoms with van der Waals surface area (Å²) in [7, 11) is 2.17.